The average molecular weight is 360 g/mol. The predicted octanol–water partition coefficient (Wildman–Crippen LogP) is 1.98. The summed E-state index contributed by atoms with van der Waals surface area (Å²) in [4.78, 5) is 18.5. The van der Waals surface area contributed by atoms with E-state index in [2.05, 4.69) is 64.1 Å². The number of benzene rings is 1. The third-order valence-corrected chi connectivity index (χ3v) is 4.38. The van der Waals surface area contributed by atoms with Crippen LogP contribution in [0.2, 0.25) is 0 Å². The van der Waals surface area contributed by atoms with Crippen molar-refractivity contribution < 1.29 is 4.79 Å². The lowest BCUT2D eigenvalue weighted by atomic mass is 10.2. The third-order valence-electron chi connectivity index (χ3n) is 4.38. The first-order valence-electron chi connectivity index (χ1n) is 9.76. The number of nitrogens with one attached hydrogen (secondary N) is 3. The van der Waals surface area contributed by atoms with Gasteiger partial charge in [-0.1, -0.05) is 18.2 Å². The zero-order valence-corrected chi connectivity index (χ0v) is 16.1. The van der Waals surface area contributed by atoms with E-state index in [-0.39, 0.29) is 11.8 Å². The number of carbonyl (C=O) groups is 1. The number of guanidine groups is 1. The summed E-state index contributed by atoms with van der Waals surface area (Å²) in [6.07, 6.45) is 4.24. The highest BCUT2D eigenvalue weighted by atomic mass is 16.2. The van der Waals surface area contributed by atoms with Gasteiger partial charge in [-0.3, -0.25) is 9.79 Å². The van der Waals surface area contributed by atoms with Crippen LogP contribution in [0.3, 0.4) is 0 Å². The van der Waals surface area contributed by atoms with Gasteiger partial charge in [0.15, 0.2) is 5.96 Å². The lowest BCUT2D eigenvalue weighted by Gasteiger charge is -2.18. The molecule has 0 heterocycles. The van der Waals surface area contributed by atoms with Gasteiger partial charge >= 0.3 is 0 Å². The summed E-state index contributed by atoms with van der Waals surface area (Å²) < 4.78 is 0. The number of unbranched alkanes of at least 4 members (excludes halogenated alkanes) is 1. The first kappa shape index (κ1) is 20.1. The van der Waals surface area contributed by atoms with Gasteiger partial charge < -0.3 is 20.9 Å². The number of para-hydroxylation sites is 1. The van der Waals surface area contributed by atoms with Gasteiger partial charge in [-0.2, -0.15) is 0 Å². The van der Waals surface area contributed by atoms with Crippen LogP contribution in [0.25, 0.3) is 0 Å². The van der Waals surface area contributed by atoms with E-state index in [4.69, 9.17) is 0 Å². The fourth-order valence-corrected chi connectivity index (χ4v) is 2.66. The maximum Gasteiger partial charge on any atom is 0.223 e. The molecule has 0 unspecified atom stereocenters. The second-order valence-electron chi connectivity index (χ2n) is 6.72. The molecule has 1 amide bonds. The molecule has 144 valence electrons. The Morgan fingerprint density at radius 3 is 2.54 bits per heavy atom. The summed E-state index contributed by atoms with van der Waals surface area (Å²) in [7, 11) is 2.13. The Balaban J connectivity index is 1.58. The van der Waals surface area contributed by atoms with Crippen LogP contribution < -0.4 is 20.9 Å². The van der Waals surface area contributed by atoms with Gasteiger partial charge in [-0.05, 0) is 44.7 Å². The summed E-state index contributed by atoms with van der Waals surface area (Å²) in [6.45, 7) is 6.05. The summed E-state index contributed by atoms with van der Waals surface area (Å²) in [5.41, 5.74) is 1.25. The molecule has 2 rings (SSSR count). The van der Waals surface area contributed by atoms with Crippen LogP contribution in [-0.2, 0) is 4.79 Å². The monoisotopic (exact) mass is 359 g/mol. The first-order valence-corrected chi connectivity index (χ1v) is 9.76. The predicted molar refractivity (Wildman–Crippen MR) is 109 cm³/mol. The molecule has 0 spiro atoms. The molecule has 0 atom stereocenters. The molecule has 1 aliphatic rings. The summed E-state index contributed by atoms with van der Waals surface area (Å²) in [5, 5.41) is 9.48. The second kappa shape index (κ2) is 11.4. The van der Waals surface area contributed by atoms with E-state index < -0.39 is 0 Å². The highest BCUT2D eigenvalue weighted by molar-refractivity contribution is 5.81. The number of nitrogens with zero attached hydrogens (tertiary/aromatic N) is 2. The third kappa shape index (κ3) is 7.76. The Morgan fingerprint density at radius 2 is 1.85 bits per heavy atom. The summed E-state index contributed by atoms with van der Waals surface area (Å²) >= 11 is 0. The Labute approximate surface area is 157 Å². The van der Waals surface area contributed by atoms with Gasteiger partial charge in [0.25, 0.3) is 0 Å². The second-order valence-corrected chi connectivity index (χ2v) is 6.72. The van der Waals surface area contributed by atoms with Crippen molar-refractivity contribution in [1.82, 2.24) is 16.0 Å². The molecule has 0 aliphatic heterocycles. The quantitative estimate of drug-likeness (QED) is 0.321. The van der Waals surface area contributed by atoms with Gasteiger partial charge in [0.1, 0.15) is 0 Å². The van der Waals surface area contributed by atoms with Gasteiger partial charge in [0, 0.05) is 51.4 Å². The minimum Gasteiger partial charge on any atom is -0.375 e. The van der Waals surface area contributed by atoms with Crippen LogP contribution in [0.5, 0.6) is 0 Å². The van der Waals surface area contributed by atoms with Crippen LogP contribution in [0, 0.1) is 5.92 Å². The van der Waals surface area contributed by atoms with E-state index in [1.165, 1.54) is 5.69 Å². The van der Waals surface area contributed by atoms with Crippen LogP contribution in [-0.4, -0.2) is 51.6 Å². The molecule has 26 heavy (non-hydrogen) atoms. The van der Waals surface area contributed by atoms with Crippen LogP contribution >= 0.6 is 0 Å². The Hall–Kier alpha value is -2.24. The first-order chi connectivity index (χ1) is 12.7. The lowest BCUT2D eigenvalue weighted by Crippen LogP contribution is -2.41. The standard InChI is InChI=1S/C20H33N5O/c1-3-21-20(24-15-14-22-19(26)17-11-12-17)23-13-7-8-16-25(2)18-9-5-4-6-10-18/h4-6,9-10,17H,3,7-8,11-16H2,1-2H3,(H,22,26)(H2,21,23,24). The Morgan fingerprint density at radius 1 is 1.12 bits per heavy atom. The van der Waals surface area contributed by atoms with E-state index in [1.54, 1.807) is 0 Å². The number of aliphatic imine (C=N–C) groups is 1. The number of rotatable bonds is 11. The van der Waals surface area contributed by atoms with Crippen molar-refractivity contribution in [3.63, 3.8) is 0 Å². The van der Waals surface area contributed by atoms with Gasteiger partial charge in [-0.15, -0.1) is 0 Å². The van der Waals surface area contributed by atoms with Gasteiger partial charge in [-0.25, -0.2) is 0 Å². The van der Waals surface area contributed by atoms with Crippen molar-refractivity contribution in [2.75, 3.05) is 44.7 Å². The minimum absolute atomic E-state index is 0.191. The zero-order valence-electron chi connectivity index (χ0n) is 16.1. The van der Waals surface area contributed by atoms with E-state index in [9.17, 15) is 4.79 Å². The van der Waals surface area contributed by atoms with Crippen molar-refractivity contribution in [2.24, 2.45) is 10.9 Å². The van der Waals surface area contributed by atoms with Gasteiger partial charge in [0.05, 0.1) is 0 Å². The lowest BCUT2D eigenvalue weighted by molar-refractivity contribution is -0.122. The fourth-order valence-electron chi connectivity index (χ4n) is 2.66. The molecule has 0 saturated heterocycles. The van der Waals surface area contributed by atoms with Crippen molar-refractivity contribution >= 4 is 17.6 Å². The minimum atomic E-state index is 0.191. The largest absolute Gasteiger partial charge is 0.375 e. The van der Waals surface area contributed by atoms with Crippen molar-refractivity contribution in [1.29, 1.82) is 0 Å². The Kier molecular flexibility index (Phi) is 8.79. The molecule has 0 aromatic heterocycles. The molecular formula is C20H33N5O. The van der Waals surface area contributed by atoms with Crippen LogP contribution in [0.15, 0.2) is 35.3 Å². The molecule has 0 radical (unpaired) electrons. The highest BCUT2D eigenvalue weighted by Crippen LogP contribution is 2.28. The number of anilines is 1. The molecule has 3 N–H and O–H groups in total. The number of hydrogen-bond acceptors (Lipinski definition) is 3. The van der Waals surface area contributed by atoms with E-state index in [0.29, 0.717) is 13.1 Å². The van der Waals surface area contributed by atoms with Crippen molar-refractivity contribution in [3.8, 4) is 0 Å². The number of amides is 1. The fraction of sp³-hybridized carbons (Fsp3) is 0.600. The molecule has 1 fully saturated rings. The van der Waals surface area contributed by atoms with Gasteiger partial charge in [0.2, 0.25) is 5.91 Å². The SMILES string of the molecule is CCNC(=NCCCCN(C)c1ccccc1)NCCNC(=O)C1CC1. The topological polar surface area (TPSA) is 68.8 Å². The normalized spacial score (nSPS) is 14.0. The molecule has 1 aromatic rings. The number of hydrogen-bond donors (Lipinski definition) is 3. The molecule has 1 saturated carbocycles. The molecule has 1 aliphatic carbocycles. The van der Waals surface area contributed by atoms with E-state index in [0.717, 1.165) is 51.3 Å². The Bertz CT molecular complexity index is 557. The van der Waals surface area contributed by atoms with Crippen molar-refractivity contribution in [3.05, 3.63) is 30.3 Å². The highest BCUT2D eigenvalue weighted by Gasteiger charge is 2.28. The molecule has 0 bridgehead atoms. The smallest absolute Gasteiger partial charge is 0.223 e. The maximum atomic E-state index is 11.6. The summed E-state index contributed by atoms with van der Waals surface area (Å²) in [6, 6.07) is 10.4. The molecule has 6 heteroatoms. The molecule has 6 nitrogen and oxygen atoms in total. The van der Waals surface area contributed by atoms with E-state index >= 15 is 0 Å². The summed E-state index contributed by atoms with van der Waals surface area (Å²) in [5.74, 6) is 1.28. The molecular weight excluding hydrogens is 326 g/mol. The number of carbonyl (C=O) groups excluding carboxylic acids is 1. The van der Waals surface area contributed by atoms with Crippen LogP contribution in [0.4, 0.5) is 5.69 Å². The zero-order chi connectivity index (χ0) is 18.6. The average Bonchev–Trinajstić information content (AvgIpc) is 3.50. The van der Waals surface area contributed by atoms with Crippen LogP contribution in [0.1, 0.15) is 32.6 Å². The molecule has 1 aromatic carbocycles. The maximum absolute atomic E-state index is 11.6. The van der Waals surface area contributed by atoms with E-state index in [1.807, 2.05) is 6.07 Å². The van der Waals surface area contributed by atoms with Crippen molar-refractivity contribution in [2.45, 2.75) is 32.6 Å².